The Hall–Kier alpha value is -3.14. The molecule has 0 saturated carbocycles. The van der Waals surface area contributed by atoms with Crippen molar-refractivity contribution in [3.8, 4) is 5.75 Å². The van der Waals surface area contributed by atoms with E-state index in [1.165, 1.54) is 24.4 Å². The summed E-state index contributed by atoms with van der Waals surface area (Å²) < 4.78 is 50.1. The molecule has 2 aromatic rings. The minimum Gasteiger partial charge on any atom is -0.435 e. The summed E-state index contributed by atoms with van der Waals surface area (Å²) in [5.41, 5.74) is -1.18. The molecule has 33 heavy (non-hydrogen) atoms. The molecule has 2 aliphatic heterocycles. The standard InChI is InChI=1S/C23H24F3N3O4/c1-22(2)15-11-14(19(30)28-23(3)5-8-32-9-6-23)16(24)12-17(15)29(20(22)31)18-10-13(4-7-27-18)33-21(25)26/h4,7,10-12,21H,5-6,8-9H2,1-3H3,(H,28,30). The first-order valence-corrected chi connectivity index (χ1v) is 10.5. The van der Waals surface area contributed by atoms with E-state index in [4.69, 9.17) is 4.74 Å². The highest BCUT2D eigenvalue weighted by Crippen LogP contribution is 2.46. The Morgan fingerprint density at radius 2 is 1.91 bits per heavy atom. The van der Waals surface area contributed by atoms with Gasteiger partial charge in [0.1, 0.15) is 17.4 Å². The number of rotatable bonds is 5. The lowest BCUT2D eigenvalue weighted by atomic mass is 9.85. The molecule has 4 rings (SSSR count). The normalized spacial score (nSPS) is 18.9. The number of hydrogen-bond donors (Lipinski definition) is 1. The van der Waals surface area contributed by atoms with Crippen molar-refractivity contribution in [1.82, 2.24) is 10.3 Å². The Kier molecular flexibility index (Phi) is 5.81. The number of fused-ring (bicyclic) bond motifs is 1. The van der Waals surface area contributed by atoms with E-state index in [9.17, 15) is 18.4 Å². The van der Waals surface area contributed by atoms with Gasteiger partial charge in [0.25, 0.3) is 5.91 Å². The summed E-state index contributed by atoms with van der Waals surface area (Å²) in [5, 5.41) is 2.89. The Morgan fingerprint density at radius 3 is 2.58 bits per heavy atom. The molecule has 7 nitrogen and oxygen atoms in total. The average Bonchev–Trinajstić information content (AvgIpc) is 2.92. The summed E-state index contributed by atoms with van der Waals surface area (Å²) in [7, 11) is 0. The van der Waals surface area contributed by atoms with E-state index in [1.807, 2.05) is 6.92 Å². The Morgan fingerprint density at radius 1 is 1.21 bits per heavy atom. The maximum absolute atomic E-state index is 15.1. The third kappa shape index (κ3) is 4.27. The number of alkyl halides is 2. The number of nitrogens with zero attached hydrogens (tertiary/aromatic N) is 2. The molecule has 2 aliphatic rings. The van der Waals surface area contributed by atoms with E-state index in [1.54, 1.807) is 13.8 Å². The van der Waals surface area contributed by atoms with Gasteiger partial charge in [-0.1, -0.05) is 0 Å². The molecule has 1 aromatic heterocycles. The molecule has 0 aliphatic carbocycles. The number of pyridine rings is 1. The minimum absolute atomic E-state index is 0.0105. The lowest BCUT2D eigenvalue weighted by Gasteiger charge is -2.34. The Bertz CT molecular complexity index is 1100. The number of halogens is 3. The summed E-state index contributed by atoms with van der Waals surface area (Å²) in [4.78, 5) is 31.4. The highest BCUT2D eigenvalue weighted by atomic mass is 19.3. The molecule has 1 aromatic carbocycles. The molecule has 1 fully saturated rings. The topological polar surface area (TPSA) is 80.8 Å². The second kappa shape index (κ2) is 8.33. The first-order chi connectivity index (χ1) is 15.5. The third-order valence-corrected chi connectivity index (χ3v) is 6.16. The highest BCUT2D eigenvalue weighted by Gasteiger charge is 2.46. The van der Waals surface area contributed by atoms with Crippen molar-refractivity contribution in [2.24, 2.45) is 0 Å². The summed E-state index contributed by atoms with van der Waals surface area (Å²) in [6, 6.07) is 4.89. The number of amides is 2. The monoisotopic (exact) mass is 463 g/mol. The zero-order chi connectivity index (χ0) is 24.0. The number of aromatic nitrogens is 1. The predicted molar refractivity (Wildman–Crippen MR) is 113 cm³/mol. The van der Waals surface area contributed by atoms with Gasteiger partial charge in [0, 0.05) is 31.0 Å². The van der Waals surface area contributed by atoms with Gasteiger partial charge in [-0.15, -0.1) is 0 Å². The van der Waals surface area contributed by atoms with E-state index in [0.29, 0.717) is 31.6 Å². The number of nitrogens with one attached hydrogen (secondary N) is 1. The van der Waals surface area contributed by atoms with Crippen LogP contribution in [-0.2, 0) is 14.9 Å². The summed E-state index contributed by atoms with van der Waals surface area (Å²) in [6.07, 6.45) is 2.43. The average molecular weight is 463 g/mol. The van der Waals surface area contributed by atoms with Crippen molar-refractivity contribution in [1.29, 1.82) is 0 Å². The molecule has 0 atom stereocenters. The Labute approximate surface area is 188 Å². The van der Waals surface area contributed by atoms with Gasteiger partial charge in [-0.25, -0.2) is 9.37 Å². The van der Waals surface area contributed by atoms with E-state index >= 15 is 4.39 Å². The third-order valence-electron chi connectivity index (χ3n) is 6.16. The first kappa shape index (κ1) is 23.0. The van der Waals surface area contributed by atoms with Crippen LogP contribution < -0.4 is 15.0 Å². The van der Waals surface area contributed by atoms with Crippen LogP contribution in [-0.4, -0.2) is 42.2 Å². The van der Waals surface area contributed by atoms with E-state index in [-0.39, 0.29) is 22.8 Å². The number of benzene rings is 1. The molecule has 0 unspecified atom stereocenters. The van der Waals surface area contributed by atoms with Crippen LogP contribution in [0.4, 0.5) is 24.7 Å². The molecule has 0 bridgehead atoms. The van der Waals surface area contributed by atoms with E-state index < -0.39 is 35.2 Å². The quantitative estimate of drug-likeness (QED) is 0.723. The Balaban J connectivity index is 1.71. The SMILES string of the molecule is CC1(NC(=O)c2cc3c(cc2F)N(c2cc(OC(F)F)ccn2)C(=O)C3(C)C)CCOCC1. The van der Waals surface area contributed by atoms with Gasteiger partial charge >= 0.3 is 6.61 Å². The fourth-order valence-corrected chi connectivity index (χ4v) is 4.14. The fourth-order valence-electron chi connectivity index (χ4n) is 4.14. The predicted octanol–water partition coefficient (Wildman–Crippen LogP) is 4.08. The molecular formula is C23H24F3N3O4. The summed E-state index contributed by atoms with van der Waals surface area (Å²) in [6.45, 7) is 3.13. The summed E-state index contributed by atoms with van der Waals surface area (Å²) >= 11 is 0. The van der Waals surface area contributed by atoms with Crippen LogP contribution in [0.25, 0.3) is 0 Å². The van der Waals surface area contributed by atoms with E-state index in [0.717, 1.165) is 11.0 Å². The minimum atomic E-state index is -3.05. The van der Waals surface area contributed by atoms with Gasteiger partial charge in [-0.3, -0.25) is 14.5 Å². The van der Waals surface area contributed by atoms with Crippen LogP contribution in [0.3, 0.4) is 0 Å². The number of ether oxygens (including phenoxy) is 2. The largest absolute Gasteiger partial charge is 0.435 e. The molecule has 1 N–H and O–H groups in total. The molecule has 1 saturated heterocycles. The van der Waals surface area contributed by atoms with Crippen LogP contribution in [0, 0.1) is 5.82 Å². The van der Waals surface area contributed by atoms with Gasteiger partial charge in [0.2, 0.25) is 5.91 Å². The van der Waals surface area contributed by atoms with Gasteiger partial charge < -0.3 is 14.8 Å². The fraction of sp³-hybridized carbons (Fsp3) is 0.435. The molecule has 2 amide bonds. The molecule has 176 valence electrons. The van der Waals surface area contributed by atoms with Crippen LogP contribution in [0.15, 0.2) is 30.5 Å². The highest BCUT2D eigenvalue weighted by molar-refractivity contribution is 6.12. The molecule has 0 spiro atoms. The van der Waals surface area contributed by atoms with Crippen LogP contribution in [0.2, 0.25) is 0 Å². The molecule has 3 heterocycles. The lowest BCUT2D eigenvalue weighted by molar-refractivity contribution is -0.121. The van der Waals surface area contributed by atoms with Crippen molar-refractivity contribution in [2.45, 2.75) is 51.2 Å². The van der Waals surface area contributed by atoms with Crippen LogP contribution >= 0.6 is 0 Å². The van der Waals surface area contributed by atoms with Gasteiger partial charge in [0.05, 0.1) is 16.7 Å². The second-order valence-corrected chi connectivity index (χ2v) is 8.97. The van der Waals surface area contributed by atoms with Gasteiger partial charge in [0.15, 0.2) is 0 Å². The smallest absolute Gasteiger partial charge is 0.387 e. The zero-order valence-electron chi connectivity index (χ0n) is 18.5. The van der Waals surface area contributed by atoms with Crippen molar-refractivity contribution in [2.75, 3.05) is 18.1 Å². The van der Waals surface area contributed by atoms with Crippen LogP contribution in [0.5, 0.6) is 5.75 Å². The van der Waals surface area contributed by atoms with E-state index in [2.05, 4.69) is 15.0 Å². The maximum Gasteiger partial charge on any atom is 0.387 e. The molecule has 10 heteroatoms. The first-order valence-electron chi connectivity index (χ1n) is 10.5. The number of carbonyl (C=O) groups excluding carboxylic acids is 2. The zero-order valence-corrected chi connectivity index (χ0v) is 18.5. The number of hydrogen-bond acceptors (Lipinski definition) is 5. The van der Waals surface area contributed by atoms with Gasteiger partial charge in [-0.05, 0) is 57.4 Å². The summed E-state index contributed by atoms with van der Waals surface area (Å²) in [5.74, 6) is -2.00. The maximum atomic E-state index is 15.1. The van der Waals surface area contributed by atoms with Crippen molar-refractivity contribution < 1.29 is 32.2 Å². The lowest BCUT2D eigenvalue weighted by Crippen LogP contribution is -2.49. The van der Waals surface area contributed by atoms with Crippen molar-refractivity contribution in [3.63, 3.8) is 0 Å². The van der Waals surface area contributed by atoms with Crippen LogP contribution in [0.1, 0.15) is 49.5 Å². The van der Waals surface area contributed by atoms with Gasteiger partial charge in [-0.2, -0.15) is 8.78 Å². The number of anilines is 2. The van der Waals surface area contributed by atoms with Crippen molar-refractivity contribution in [3.05, 3.63) is 47.4 Å². The number of carbonyl (C=O) groups is 2. The second-order valence-electron chi connectivity index (χ2n) is 8.97. The molecular weight excluding hydrogens is 439 g/mol. The molecule has 0 radical (unpaired) electrons. The van der Waals surface area contributed by atoms with Crippen molar-refractivity contribution >= 4 is 23.3 Å².